The molecule has 2 fully saturated rings. The van der Waals surface area contributed by atoms with Crippen molar-refractivity contribution in [3.05, 3.63) is 29.6 Å². The average molecular weight is 404 g/mol. The lowest BCUT2D eigenvalue weighted by Gasteiger charge is -2.32. The summed E-state index contributed by atoms with van der Waals surface area (Å²) in [5, 5.41) is 3.38. The lowest BCUT2D eigenvalue weighted by Crippen LogP contribution is -2.49. The predicted octanol–water partition coefficient (Wildman–Crippen LogP) is 2.49. The van der Waals surface area contributed by atoms with Crippen LogP contribution in [0.2, 0.25) is 0 Å². The number of alkyl halides is 3. The minimum absolute atomic E-state index is 0. The molecule has 2 aliphatic heterocycles. The third-order valence-electron chi connectivity index (χ3n) is 5.58. The number of aryl methyl sites for hydroxylation is 1. The first kappa shape index (κ1) is 20.4. The van der Waals surface area contributed by atoms with Crippen LogP contribution >= 0.6 is 12.4 Å². The summed E-state index contributed by atoms with van der Waals surface area (Å²) in [6, 6.07) is 4.36. The van der Waals surface area contributed by atoms with E-state index in [1.54, 1.807) is 0 Å². The number of nitrogens with zero attached hydrogens (tertiary/aromatic N) is 4. The second-order valence-electron chi connectivity index (χ2n) is 7.25. The molecular weight excluding hydrogens is 379 g/mol. The summed E-state index contributed by atoms with van der Waals surface area (Å²) >= 11 is 0. The lowest BCUT2D eigenvalue weighted by atomic mass is 10.2. The second kappa shape index (κ2) is 7.95. The van der Waals surface area contributed by atoms with E-state index in [0.29, 0.717) is 18.1 Å². The Bertz CT molecular complexity index is 785. The van der Waals surface area contributed by atoms with Gasteiger partial charge in [-0.15, -0.1) is 12.4 Å². The van der Waals surface area contributed by atoms with Crippen LogP contribution in [0.4, 0.5) is 13.2 Å². The number of fused-ring (bicyclic) bond motifs is 1. The zero-order valence-electron chi connectivity index (χ0n) is 15.3. The van der Waals surface area contributed by atoms with E-state index in [0.717, 1.165) is 69.2 Å². The molecule has 2 saturated heterocycles. The van der Waals surface area contributed by atoms with Crippen LogP contribution in [0.25, 0.3) is 11.0 Å². The van der Waals surface area contributed by atoms with Crippen molar-refractivity contribution in [1.29, 1.82) is 0 Å². The fourth-order valence-electron chi connectivity index (χ4n) is 4.07. The van der Waals surface area contributed by atoms with E-state index < -0.39 is 11.7 Å². The van der Waals surface area contributed by atoms with Crippen LogP contribution in [0.5, 0.6) is 0 Å². The van der Waals surface area contributed by atoms with E-state index in [9.17, 15) is 13.2 Å². The number of nitrogens with one attached hydrogen (secondary N) is 1. The van der Waals surface area contributed by atoms with Gasteiger partial charge in [-0.1, -0.05) is 0 Å². The summed E-state index contributed by atoms with van der Waals surface area (Å²) in [5.41, 5.74) is 0.510. The number of hydrogen-bond acceptors (Lipinski definition) is 4. The summed E-state index contributed by atoms with van der Waals surface area (Å²) in [6.07, 6.45) is -3.19. The molecule has 1 N–H and O–H groups in total. The van der Waals surface area contributed by atoms with Crippen LogP contribution in [-0.4, -0.2) is 64.7 Å². The maximum absolute atomic E-state index is 12.9. The van der Waals surface area contributed by atoms with Gasteiger partial charge in [-0.2, -0.15) is 13.2 Å². The van der Waals surface area contributed by atoms with E-state index >= 15 is 0 Å². The van der Waals surface area contributed by atoms with Crippen molar-refractivity contribution in [3.63, 3.8) is 0 Å². The largest absolute Gasteiger partial charge is 0.416 e. The van der Waals surface area contributed by atoms with Gasteiger partial charge in [0.25, 0.3) is 0 Å². The molecule has 27 heavy (non-hydrogen) atoms. The molecule has 2 aliphatic rings. The van der Waals surface area contributed by atoms with Gasteiger partial charge < -0.3 is 9.88 Å². The fraction of sp³-hybridized carbons (Fsp3) is 0.611. The van der Waals surface area contributed by atoms with E-state index in [1.807, 2.05) is 11.6 Å². The predicted molar refractivity (Wildman–Crippen MR) is 101 cm³/mol. The highest BCUT2D eigenvalue weighted by molar-refractivity contribution is 5.85. The van der Waals surface area contributed by atoms with Gasteiger partial charge in [0.1, 0.15) is 5.82 Å². The summed E-state index contributed by atoms with van der Waals surface area (Å²) < 4.78 is 40.7. The first-order valence-electron chi connectivity index (χ1n) is 9.11. The molecule has 0 aliphatic carbocycles. The topological polar surface area (TPSA) is 36.3 Å². The van der Waals surface area contributed by atoms with Crippen molar-refractivity contribution < 1.29 is 13.2 Å². The van der Waals surface area contributed by atoms with Crippen LogP contribution in [0.15, 0.2) is 18.2 Å². The number of piperazine rings is 1. The standard InChI is InChI=1S/C18H24F3N5.ClH/c1-24-16-3-2-13(18(19,20)21)10-15(16)23-17(24)12-25-7-4-14(11-25)26-8-5-22-6-9-26;/h2-3,10,14,22H,4-9,11-12H2,1H3;1H. The maximum atomic E-state index is 12.9. The number of imidazole rings is 1. The van der Waals surface area contributed by atoms with Crippen molar-refractivity contribution in [2.45, 2.75) is 25.2 Å². The van der Waals surface area contributed by atoms with Gasteiger partial charge in [0.15, 0.2) is 0 Å². The van der Waals surface area contributed by atoms with E-state index in [1.165, 1.54) is 6.07 Å². The number of aromatic nitrogens is 2. The fourth-order valence-corrected chi connectivity index (χ4v) is 4.07. The lowest BCUT2D eigenvalue weighted by molar-refractivity contribution is -0.137. The highest BCUT2D eigenvalue weighted by Crippen LogP contribution is 2.31. The molecule has 150 valence electrons. The van der Waals surface area contributed by atoms with Crippen molar-refractivity contribution in [1.82, 2.24) is 24.7 Å². The molecule has 0 spiro atoms. The Labute approximate surface area is 162 Å². The van der Waals surface area contributed by atoms with Gasteiger partial charge in [-0.05, 0) is 24.6 Å². The molecule has 2 aromatic rings. The summed E-state index contributed by atoms with van der Waals surface area (Å²) in [6.45, 7) is 6.94. The Morgan fingerprint density at radius 2 is 1.93 bits per heavy atom. The zero-order chi connectivity index (χ0) is 18.3. The molecule has 1 unspecified atom stereocenters. The van der Waals surface area contributed by atoms with Gasteiger partial charge in [0, 0.05) is 52.4 Å². The Morgan fingerprint density at radius 1 is 1.19 bits per heavy atom. The Kier molecular flexibility index (Phi) is 6.00. The van der Waals surface area contributed by atoms with Crippen LogP contribution in [-0.2, 0) is 19.8 Å². The molecule has 9 heteroatoms. The van der Waals surface area contributed by atoms with Crippen molar-refractivity contribution >= 4 is 23.4 Å². The number of likely N-dealkylation sites (tertiary alicyclic amines) is 1. The third kappa shape index (κ3) is 4.23. The first-order chi connectivity index (χ1) is 12.4. The molecule has 5 nitrogen and oxygen atoms in total. The van der Waals surface area contributed by atoms with Gasteiger partial charge in [0.2, 0.25) is 0 Å². The van der Waals surface area contributed by atoms with Gasteiger partial charge in [-0.25, -0.2) is 4.98 Å². The first-order valence-corrected chi connectivity index (χ1v) is 9.11. The molecule has 1 atom stereocenters. The monoisotopic (exact) mass is 403 g/mol. The number of hydrogen-bond donors (Lipinski definition) is 1. The molecule has 4 rings (SSSR count). The number of halogens is 4. The molecule has 0 saturated carbocycles. The average Bonchev–Trinajstić information content (AvgIpc) is 3.20. The normalized spacial score (nSPS) is 22.3. The third-order valence-corrected chi connectivity index (χ3v) is 5.58. The van der Waals surface area contributed by atoms with Gasteiger partial charge in [0.05, 0.1) is 23.1 Å². The molecule has 1 aromatic heterocycles. The SMILES string of the molecule is Cl.Cn1c(CN2CCC(N3CCNCC3)C2)nc2cc(C(F)(F)F)ccc21. The number of benzene rings is 1. The smallest absolute Gasteiger partial charge is 0.330 e. The summed E-state index contributed by atoms with van der Waals surface area (Å²) in [7, 11) is 1.88. The van der Waals surface area contributed by atoms with E-state index in [4.69, 9.17) is 0 Å². The van der Waals surface area contributed by atoms with Crippen molar-refractivity contribution in [2.24, 2.45) is 7.05 Å². The van der Waals surface area contributed by atoms with E-state index in [2.05, 4.69) is 20.1 Å². The van der Waals surface area contributed by atoms with Crippen LogP contribution < -0.4 is 5.32 Å². The summed E-state index contributed by atoms with van der Waals surface area (Å²) in [4.78, 5) is 9.39. The quantitative estimate of drug-likeness (QED) is 0.854. The van der Waals surface area contributed by atoms with Crippen LogP contribution in [0.3, 0.4) is 0 Å². The van der Waals surface area contributed by atoms with Gasteiger partial charge in [-0.3, -0.25) is 9.80 Å². The zero-order valence-corrected chi connectivity index (χ0v) is 16.1. The van der Waals surface area contributed by atoms with E-state index in [-0.39, 0.29) is 12.4 Å². The number of rotatable bonds is 3. The molecule has 0 radical (unpaired) electrons. The molecule has 0 amide bonds. The highest BCUT2D eigenvalue weighted by atomic mass is 35.5. The summed E-state index contributed by atoms with van der Waals surface area (Å²) in [5.74, 6) is 0.820. The molecule has 0 bridgehead atoms. The second-order valence-corrected chi connectivity index (χ2v) is 7.25. The highest BCUT2D eigenvalue weighted by Gasteiger charge is 2.32. The molecule has 3 heterocycles. The molecular formula is C18H25ClF3N5. The minimum atomic E-state index is -4.34. The Balaban J connectivity index is 0.00000210. The Hall–Kier alpha value is -1.35. The Morgan fingerprint density at radius 3 is 2.63 bits per heavy atom. The van der Waals surface area contributed by atoms with Crippen LogP contribution in [0, 0.1) is 0 Å². The van der Waals surface area contributed by atoms with Gasteiger partial charge >= 0.3 is 6.18 Å². The molecule has 1 aromatic carbocycles. The maximum Gasteiger partial charge on any atom is 0.416 e. The van der Waals surface area contributed by atoms with Crippen molar-refractivity contribution in [3.8, 4) is 0 Å². The van der Waals surface area contributed by atoms with Crippen LogP contribution in [0.1, 0.15) is 17.8 Å². The van der Waals surface area contributed by atoms with Crippen molar-refractivity contribution in [2.75, 3.05) is 39.3 Å². The minimum Gasteiger partial charge on any atom is -0.330 e.